The van der Waals surface area contributed by atoms with E-state index >= 15 is 0 Å². The van der Waals surface area contributed by atoms with Gasteiger partial charge in [-0.3, -0.25) is 9.59 Å². The monoisotopic (exact) mass is 386 g/mol. The van der Waals surface area contributed by atoms with Gasteiger partial charge >= 0.3 is 5.97 Å². The van der Waals surface area contributed by atoms with Crippen LogP contribution in [0.5, 0.6) is 5.75 Å². The summed E-state index contributed by atoms with van der Waals surface area (Å²) in [5, 5.41) is 3.37. The fraction of sp³-hybridized carbons (Fsp3) is 0.350. The van der Waals surface area contributed by atoms with Gasteiger partial charge in [0.05, 0.1) is 28.7 Å². The minimum Gasteiger partial charge on any atom is -0.494 e. The highest BCUT2D eigenvalue weighted by atomic mass is 32.1. The molecule has 142 valence electrons. The fourth-order valence-electron chi connectivity index (χ4n) is 3.03. The molecule has 2 atom stereocenters. The van der Waals surface area contributed by atoms with Gasteiger partial charge in [-0.25, -0.2) is 4.98 Å². The number of thiazole rings is 1. The quantitative estimate of drug-likeness (QED) is 0.576. The topological polar surface area (TPSA) is 77.5 Å². The number of hydrogen-bond donors (Lipinski definition) is 1. The Labute approximate surface area is 161 Å². The van der Waals surface area contributed by atoms with Gasteiger partial charge in [0, 0.05) is 0 Å². The number of anilines is 1. The zero-order valence-corrected chi connectivity index (χ0v) is 16.0. The summed E-state index contributed by atoms with van der Waals surface area (Å²) in [7, 11) is 0. The number of nitrogens with zero attached hydrogens (tertiary/aromatic N) is 1. The molecular formula is C20H22N2O4S. The fourth-order valence-corrected chi connectivity index (χ4v) is 3.92. The zero-order valence-electron chi connectivity index (χ0n) is 15.1. The van der Waals surface area contributed by atoms with E-state index in [4.69, 9.17) is 9.47 Å². The zero-order chi connectivity index (χ0) is 19.2. The van der Waals surface area contributed by atoms with Crippen LogP contribution >= 0.6 is 11.3 Å². The summed E-state index contributed by atoms with van der Waals surface area (Å²) in [6, 6.07) is 5.63. The first kappa shape index (κ1) is 19.1. The molecule has 0 aliphatic heterocycles. The SMILES string of the molecule is C=CCOC(=O)[C@@H]1CC=CC[C@H]1C(=O)Nc1nc2ccc(OCC)cc2s1. The van der Waals surface area contributed by atoms with Crippen LogP contribution in [0.1, 0.15) is 19.8 Å². The predicted molar refractivity (Wildman–Crippen MR) is 106 cm³/mol. The lowest BCUT2D eigenvalue weighted by molar-refractivity contribution is -0.151. The van der Waals surface area contributed by atoms with Gasteiger partial charge in [0.1, 0.15) is 12.4 Å². The summed E-state index contributed by atoms with van der Waals surface area (Å²) in [5.41, 5.74) is 0.796. The third kappa shape index (κ3) is 4.54. The van der Waals surface area contributed by atoms with Gasteiger partial charge in [0.15, 0.2) is 5.13 Å². The van der Waals surface area contributed by atoms with Crippen molar-refractivity contribution in [3.05, 3.63) is 43.0 Å². The van der Waals surface area contributed by atoms with Crippen LogP contribution in [-0.4, -0.2) is 30.1 Å². The van der Waals surface area contributed by atoms with Gasteiger partial charge in [0.25, 0.3) is 0 Å². The lowest BCUT2D eigenvalue weighted by Gasteiger charge is -2.25. The van der Waals surface area contributed by atoms with Crippen LogP contribution < -0.4 is 10.1 Å². The molecule has 2 aromatic rings. The molecule has 1 aromatic heterocycles. The van der Waals surface area contributed by atoms with E-state index in [0.717, 1.165) is 16.0 Å². The molecule has 6 nitrogen and oxygen atoms in total. The number of allylic oxidation sites excluding steroid dienone is 2. The minimum absolute atomic E-state index is 0.146. The second-order valence-electron chi connectivity index (χ2n) is 6.15. The van der Waals surface area contributed by atoms with E-state index < -0.39 is 11.8 Å². The van der Waals surface area contributed by atoms with Crippen molar-refractivity contribution in [2.75, 3.05) is 18.5 Å². The molecule has 27 heavy (non-hydrogen) atoms. The number of carbonyl (C=O) groups excluding carboxylic acids is 2. The first-order valence-corrected chi connectivity index (χ1v) is 9.70. The number of ether oxygens (including phenoxy) is 2. The van der Waals surface area contributed by atoms with Crippen molar-refractivity contribution in [2.24, 2.45) is 11.8 Å². The van der Waals surface area contributed by atoms with Crippen LogP contribution in [-0.2, 0) is 14.3 Å². The predicted octanol–water partition coefficient (Wildman–Crippen LogP) is 3.95. The molecule has 0 unspecified atom stereocenters. The number of hydrogen-bond acceptors (Lipinski definition) is 6. The number of nitrogens with one attached hydrogen (secondary N) is 1. The third-order valence-electron chi connectivity index (χ3n) is 4.32. The molecule has 0 fully saturated rings. The van der Waals surface area contributed by atoms with Gasteiger partial charge < -0.3 is 14.8 Å². The Kier molecular flexibility index (Phi) is 6.24. The molecule has 1 aliphatic carbocycles. The first-order chi connectivity index (χ1) is 13.1. The lowest BCUT2D eigenvalue weighted by Crippen LogP contribution is -2.35. The van der Waals surface area contributed by atoms with E-state index in [2.05, 4.69) is 16.9 Å². The highest BCUT2D eigenvalue weighted by Crippen LogP contribution is 2.32. The molecule has 1 aliphatic rings. The summed E-state index contributed by atoms with van der Waals surface area (Å²) >= 11 is 1.38. The molecule has 1 heterocycles. The van der Waals surface area contributed by atoms with Crippen molar-refractivity contribution in [1.82, 2.24) is 4.98 Å². The van der Waals surface area contributed by atoms with E-state index in [1.807, 2.05) is 37.3 Å². The normalized spacial score (nSPS) is 18.9. The molecule has 1 aromatic carbocycles. The molecular weight excluding hydrogens is 364 g/mol. The van der Waals surface area contributed by atoms with E-state index in [0.29, 0.717) is 24.6 Å². The molecule has 0 radical (unpaired) electrons. The van der Waals surface area contributed by atoms with Gasteiger partial charge in [-0.05, 0) is 38.0 Å². The van der Waals surface area contributed by atoms with E-state index in [1.165, 1.54) is 17.4 Å². The van der Waals surface area contributed by atoms with Crippen LogP contribution in [0.4, 0.5) is 5.13 Å². The van der Waals surface area contributed by atoms with Gasteiger partial charge in [-0.2, -0.15) is 0 Å². The Morgan fingerprint density at radius 2 is 2.11 bits per heavy atom. The standard InChI is InChI=1S/C20H22N2O4S/c1-3-11-26-19(24)15-8-6-5-7-14(15)18(23)22-20-21-16-10-9-13(25-4-2)12-17(16)27-20/h3,5-6,9-10,12,14-15H,1,4,7-8,11H2,2H3,(H,21,22,23)/t14-,15-/m1/s1. The molecule has 1 N–H and O–H groups in total. The molecule has 7 heteroatoms. The van der Waals surface area contributed by atoms with Gasteiger partial charge in [-0.1, -0.05) is 36.1 Å². The molecule has 1 amide bonds. The second kappa shape index (κ2) is 8.81. The highest BCUT2D eigenvalue weighted by molar-refractivity contribution is 7.22. The van der Waals surface area contributed by atoms with Crippen LogP contribution in [0, 0.1) is 11.8 Å². The first-order valence-electron chi connectivity index (χ1n) is 8.89. The highest BCUT2D eigenvalue weighted by Gasteiger charge is 2.35. The minimum atomic E-state index is -0.492. The van der Waals surface area contributed by atoms with E-state index in [-0.39, 0.29) is 18.5 Å². The summed E-state index contributed by atoms with van der Waals surface area (Å²) in [4.78, 5) is 29.5. The van der Waals surface area contributed by atoms with Crippen molar-refractivity contribution < 1.29 is 19.1 Å². The van der Waals surface area contributed by atoms with Gasteiger partial charge in [-0.15, -0.1) is 0 Å². The van der Waals surface area contributed by atoms with Crippen LogP contribution in [0.2, 0.25) is 0 Å². The number of rotatable bonds is 7. The van der Waals surface area contributed by atoms with Crippen molar-refractivity contribution in [1.29, 1.82) is 0 Å². The van der Waals surface area contributed by atoms with Crippen molar-refractivity contribution in [3.8, 4) is 5.75 Å². The maximum atomic E-state index is 12.8. The molecule has 3 rings (SSSR count). The average Bonchev–Trinajstić information content (AvgIpc) is 3.07. The maximum absolute atomic E-state index is 12.8. The third-order valence-corrected chi connectivity index (χ3v) is 5.25. The van der Waals surface area contributed by atoms with Crippen LogP contribution in [0.3, 0.4) is 0 Å². The number of carbonyl (C=O) groups is 2. The van der Waals surface area contributed by atoms with E-state index in [9.17, 15) is 9.59 Å². The summed E-state index contributed by atoms with van der Waals surface area (Å²) in [5.74, 6) is -0.782. The van der Waals surface area contributed by atoms with Crippen molar-refractivity contribution in [3.63, 3.8) is 0 Å². The summed E-state index contributed by atoms with van der Waals surface area (Å²) in [6.45, 7) is 6.20. The molecule has 0 saturated heterocycles. The second-order valence-corrected chi connectivity index (χ2v) is 7.18. The number of benzene rings is 1. The van der Waals surface area contributed by atoms with Crippen molar-refractivity contribution >= 4 is 38.6 Å². The Morgan fingerprint density at radius 3 is 2.85 bits per heavy atom. The van der Waals surface area contributed by atoms with E-state index in [1.54, 1.807) is 0 Å². The average molecular weight is 386 g/mol. The lowest BCUT2D eigenvalue weighted by atomic mass is 9.82. The number of esters is 1. The summed E-state index contributed by atoms with van der Waals surface area (Å²) < 4.78 is 11.6. The number of amides is 1. The number of fused-ring (bicyclic) bond motifs is 1. The maximum Gasteiger partial charge on any atom is 0.310 e. The molecule has 0 bridgehead atoms. The van der Waals surface area contributed by atoms with Crippen LogP contribution in [0.25, 0.3) is 10.2 Å². The Balaban J connectivity index is 1.73. The Bertz CT molecular complexity index is 874. The molecule has 0 saturated carbocycles. The summed E-state index contributed by atoms with van der Waals surface area (Å²) in [6.07, 6.45) is 6.35. The Morgan fingerprint density at radius 1 is 1.33 bits per heavy atom. The Hall–Kier alpha value is -2.67. The largest absolute Gasteiger partial charge is 0.494 e. The molecule has 0 spiro atoms. The van der Waals surface area contributed by atoms with Gasteiger partial charge in [0.2, 0.25) is 5.91 Å². The van der Waals surface area contributed by atoms with Crippen molar-refractivity contribution in [2.45, 2.75) is 19.8 Å². The number of aromatic nitrogens is 1. The van der Waals surface area contributed by atoms with Crippen LogP contribution in [0.15, 0.2) is 43.0 Å². The smallest absolute Gasteiger partial charge is 0.310 e.